The van der Waals surface area contributed by atoms with Crippen LogP contribution in [-0.4, -0.2) is 9.52 Å². The van der Waals surface area contributed by atoms with Crippen LogP contribution in [0.5, 0.6) is 0 Å². The van der Waals surface area contributed by atoms with E-state index in [0.717, 1.165) is 15.1 Å². The molecule has 40 valence electrons. The number of allylic oxidation sites excluding steroid dienone is 1. The molecule has 0 saturated carbocycles. The summed E-state index contributed by atoms with van der Waals surface area (Å²) in [6.07, 6.45) is 1.98. The molecule has 0 N–H and O–H groups in total. The van der Waals surface area contributed by atoms with Gasteiger partial charge in [0.1, 0.15) is 0 Å². The van der Waals surface area contributed by atoms with Crippen LogP contribution in [0.15, 0.2) is 12.7 Å². The molecule has 2 radical (unpaired) electrons. The zero-order chi connectivity index (χ0) is 5.70. The summed E-state index contributed by atoms with van der Waals surface area (Å²) in [6, 6.07) is 1.19. The summed E-state index contributed by atoms with van der Waals surface area (Å²) in [7, 11) is 1.07. The Hall–Kier alpha value is -0.0431. The lowest BCUT2D eigenvalue weighted by molar-refractivity contribution is 1.05. The fourth-order valence-corrected chi connectivity index (χ4v) is 0.957. The van der Waals surface area contributed by atoms with Crippen molar-refractivity contribution in [3.63, 3.8) is 0 Å². The summed E-state index contributed by atoms with van der Waals surface area (Å²) in [5.74, 6) is 0. The molecule has 0 unspecified atom stereocenters. The van der Waals surface area contributed by atoms with E-state index < -0.39 is 0 Å². The van der Waals surface area contributed by atoms with Gasteiger partial charge in [-0.2, -0.15) is 0 Å². The van der Waals surface area contributed by atoms with Crippen molar-refractivity contribution in [2.75, 3.05) is 0 Å². The lowest BCUT2D eigenvalue weighted by Gasteiger charge is -1.95. The van der Waals surface area contributed by atoms with Gasteiger partial charge in [0, 0.05) is 9.52 Å². The maximum absolute atomic E-state index is 3.64. The molecule has 0 aliphatic rings. The molecule has 0 aromatic carbocycles. The van der Waals surface area contributed by atoms with E-state index in [2.05, 4.69) is 20.4 Å². The minimum atomic E-state index is 0.859. The number of hydrogen-bond acceptors (Lipinski definition) is 0. The van der Waals surface area contributed by atoms with Crippen LogP contribution in [0.25, 0.3) is 0 Å². The highest BCUT2D eigenvalue weighted by Crippen LogP contribution is 1.99. The van der Waals surface area contributed by atoms with Crippen molar-refractivity contribution >= 4 is 9.52 Å². The molecule has 1 heteroatoms. The van der Waals surface area contributed by atoms with Crippen LogP contribution in [0.2, 0.25) is 11.6 Å². The normalized spacial score (nSPS) is 9.57. The predicted octanol–water partition coefficient (Wildman–Crippen LogP) is 2.12. The Labute approximate surface area is 48.4 Å². The van der Waals surface area contributed by atoms with Gasteiger partial charge in [0.25, 0.3) is 0 Å². The van der Waals surface area contributed by atoms with E-state index in [1.165, 1.54) is 6.04 Å². The Morgan fingerprint density at radius 2 is 2.29 bits per heavy atom. The second kappa shape index (κ2) is 4.12. The quantitative estimate of drug-likeness (QED) is 0.387. The summed E-state index contributed by atoms with van der Waals surface area (Å²) < 4.78 is 0. The second-order valence-electron chi connectivity index (χ2n) is 1.85. The fourth-order valence-electron chi connectivity index (χ4n) is 0.319. The van der Waals surface area contributed by atoms with E-state index >= 15 is 0 Å². The van der Waals surface area contributed by atoms with Gasteiger partial charge in [0.15, 0.2) is 0 Å². The number of rotatable bonds is 3. The molecule has 0 rings (SSSR count). The Balaban J connectivity index is 2.81. The average molecular weight is 112 g/mol. The van der Waals surface area contributed by atoms with Gasteiger partial charge in [-0.1, -0.05) is 25.5 Å². The Kier molecular flexibility index (Phi) is 4.10. The third-order valence-corrected chi connectivity index (χ3v) is 2.01. The van der Waals surface area contributed by atoms with Crippen molar-refractivity contribution in [1.82, 2.24) is 0 Å². The zero-order valence-electron chi connectivity index (χ0n) is 5.07. The monoisotopic (exact) mass is 112 g/mol. The van der Waals surface area contributed by atoms with Gasteiger partial charge in [-0.3, -0.25) is 0 Å². The summed E-state index contributed by atoms with van der Waals surface area (Å²) in [5.41, 5.74) is 0.859. The van der Waals surface area contributed by atoms with Crippen LogP contribution in [0.1, 0.15) is 13.8 Å². The largest absolute Gasteiger partial charge is 0.103 e. The summed E-state index contributed by atoms with van der Waals surface area (Å²) in [6.45, 7) is 8.12. The highest BCUT2D eigenvalue weighted by Gasteiger charge is 1.89. The van der Waals surface area contributed by atoms with Crippen molar-refractivity contribution < 1.29 is 0 Å². The van der Waals surface area contributed by atoms with Crippen molar-refractivity contribution in [2.45, 2.75) is 25.4 Å². The summed E-state index contributed by atoms with van der Waals surface area (Å²) in [4.78, 5) is 0. The predicted molar refractivity (Wildman–Crippen MR) is 35.9 cm³/mol. The maximum Gasteiger partial charge on any atom is 0.0449 e. The van der Waals surface area contributed by atoms with Crippen LogP contribution in [-0.2, 0) is 0 Å². The molecule has 0 heterocycles. The molecule has 0 spiro atoms. The number of hydrogen-bond donors (Lipinski definition) is 0. The van der Waals surface area contributed by atoms with E-state index in [1.807, 2.05) is 6.08 Å². The second-order valence-corrected chi connectivity index (χ2v) is 3.82. The van der Waals surface area contributed by atoms with Gasteiger partial charge in [-0.15, -0.1) is 6.58 Å². The first-order valence-electron chi connectivity index (χ1n) is 2.61. The third kappa shape index (κ3) is 5.96. The van der Waals surface area contributed by atoms with Gasteiger partial charge >= 0.3 is 0 Å². The Bertz CT molecular complexity index is 48.1. The van der Waals surface area contributed by atoms with Crippen LogP contribution in [0.4, 0.5) is 0 Å². The average Bonchev–Trinajstić information content (AvgIpc) is 1.61. The van der Waals surface area contributed by atoms with E-state index in [4.69, 9.17) is 0 Å². The highest BCUT2D eigenvalue weighted by atomic mass is 28.2. The molecular weight excluding hydrogens is 100 g/mol. The van der Waals surface area contributed by atoms with E-state index in [9.17, 15) is 0 Å². The highest BCUT2D eigenvalue weighted by molar-refractivity contribution is 6.37. The molecule has 0 aliphatic carbocycles. The summed E-state index contributed by atoms with van der Waals surface area (Å²) in [5, 5.41) is 0. The van der Waals surface area contributed by atoms with Gasteiger partial charge in [-0.05, 0) is 6.04 Å². The molecule has 0 aliphatic heterocycles. The smallest absolute Gasteiger partial charge is 0.0449 e. The molecule has 0 atom stereocenters. The topological polar surface area (TPSA) is 0 Å². The maximum atomic E-state index is 3.64. The first-order valence-corrected chi connectivity index (χ1v) is 3.90. The van der Waals surface area contributed by atoms with Crippen molar-refractivity contribution in [3.05, 3.63) is 12.7 Å². The molecule has 0 saturated heterocycles. The molecule has 0 bridgehead atoms. The minimum absolute atomic E-state index is 0.859. The van der Waals surface area contributed by atoms with Crippen molar-refractivity contribution in [2.24, 2.45) is 0 Å². The molecular formula is C6H12Si. The fraction of sp³-hybridized carbons (Fsp3) is 0.667. The Morgan fingerprint density at radius 1 is 1.71 bits per heavy atom. The molecule has 7 heavy (non-hydrogen) atoms. The minimum Gasteiger partial charge on any atom is -0.103 e. The van der Waals surface area contributed by atoms with Crippen molar-refractivity contribution in [1.29, 1.82) is 0 Å². The first kappa shape index (κ1) is 6.96. The standard InChI is InChI=1S/C6H12Si/c1-4-5-7-6(2)3/h4,6H,1,5H2,2-3H3. The molecule has 0 amide bonds. The lowest BCUT2D eigenvalue weighted by Crippen LogP contribution is -1.90. The molecule has 0 aromatic rings. The summed E-state index contributed by atoms with van der Waals surface area (Å²) >= 11 is 0. The molecule has 0 fully saturated rings. The Morgan fingerprint density at radius 3 is 2.43 bits per heavy atom. The molecule has 0 aromatic heterocycles. The van der Waals surface area contributed by atoms with E-state index in [0.29, 0.717) is 0 Å². The van der Waals surface area contributed by atoms with Crippen LogP contribution in [0.3, 0.4) is 0 Å². The first-order chi connectivity index (χ1) is 3.27. The van der Waals surface area contributed by atoms with Crippen LogP contribution < -0.4 is 0 Å². The van der Waals surface area contributed by atoms with Gasteiger partial charge < -0.3 is 0 Å². The van der Waals surface area contributed by atoms with Crippen molar-refractivity contribution in [3.8, 4) is 0 Å². The van der Waals surface area contributed by atoms with E-state index in [-0.39, 0.29) is 0 Å². The third-order valence-electron chi connectivity index (χ3n) is 0.670. The zero-order valence-corrected chi connectivity index (χ0v) is 6.07. The SMILES string of the molecule is C=CC[Si]C(C)C. The molecule has 0 nitrogen and oxygen atoms in total. The van der Waals surface area contributed by atoms with Crippen LogP contribution in [0, 0.1) is 0 Å². The van der Waals surface area contributed by atoms with Gasteiger partial charge in [0.05, 0.1) is 0 Å². The van der Waals surface area contributed by atoms with E-state index in [1.54, 1.807) is 0 Å². The van der Waals surface area contributed by atoms with Gasteiger partial charge in [0.2, 0.25) is 0 Å². The van der Waals surface area contributed by atoms with Gasteiger partial charge in [-0.25, -0.2) is 0 Å². The van der Waals surface area contributed by atoms with Crippen LogP contribution >= 0.6 is 0 Å². The lowest BCUT2D eigenvalue weighted by atomic mass is 10.6.